The number of halogens is 1. The third-order valence-electron chi connectivity index (χ3n) is 4.54. The van der Waals surface area contributed by atoms with Crippen molar-refractivity contribution in [1.29, 1.82) is 0 Å². The van der Waals surface area contributed by atoms with Crippen LogP contribution in [-0.4, -0.2) is 33.4 Å². The van der Waals surface area contributed by atoms with Crippen molar-refractivity contribution in [1.82, 2.24) is 4.31 Å². The summed E-state index contributed by atoms with van der Waals surface area (Å²) in [5.41, 5.74) is 0.785. The van der Waals surface area contributed by atoms with E-state index in [1.54, 1.807) is 12.1 Å². The quantitative estimate of drug-likeness (QED) is 0.840. The van der Waals surface area contributed by atoms with Gasteiger partial charge in [-0.1, -0.05) is 18.9 Å². The summed E-state index contributed by atoms with van der Waals surface area (Å²) in [6.07, 6.45) is 3.79. The molecule has 1 aliphatic carbocycles. The molecule has 0 radical (unpaired) electrons. The van der Waals surface area contributed by atoms with Gasteiger partial charge in [-0.15, -0.1) is 0 Å². The third kappa shape index (κ3) is 1.78. The molecule has 2 aliphatic rings. The molecule has 1 aliphatic heterocycles. The van der Waals surface area contributed by atoms with Crippen LogP contribution in [-0.2, 0) is 15.6 Å². The number of benzene rings is 1. The van der Waals surface area contributed by atoms with Gasteiger partial charge in [-0.05, 0) is 25.0 Å². The van der Waals surface area contributed by atoms with Gasteiger partial charge in [-0.2, -0.15) is 12.7 Å². The predicted octanol–water partition coefficient (Wildman–Crippen LogP) is 2.26. The Hall–Kier alpha value is -1.14. The zero-order chi connectivity index (χ0) is 14.5. The molecule has 0 aromatic heterocycles. The van der Waals surface area contributed by atoms with Crippen LogP contribution in [0.3, 0.4) is 0 Å². The highest BCUT2D eigenvalue weighted by Gasteiger charge is 2.49. The van der Waals surface area contributed by atoms with Crippen LogP contribution in [0.4, 0.5) is 10.1 Å². The Balaban J connectivity index is 2.18. The maximum atomic E-state index is 14.3. The van der Waals surface area contributed by atoms with Crippen molar-refractivity contribution in [3.63, 3.8) is 0 Å². The van der Waals surface area contributed by atoms with Crippen LogP contribution in [0.1, 0.15) is 31.2 Å². The summed E-state index contributed by atoms with van der Waals surface area (Å²) < 4.78 is 41.8. The van der Waals surface area contributed by atoms with E-state index < -0.39 is 10.2 Å². The first-order valence-electron chi connectivity index (χ1n) is 6.88. The number of hydrogen-bond acceptors (Lipinski definition) is 2. The largest absolute Gasteiger partial charge is 0.303 e. The smallest absolute Gasteiger partial charge is 0.256 e. The van der Waals surface area contributed by atoms with E-state index in [9.17, 15) is 12.8 Å². The summed E-state index contributed by atoms with van der Waals surface area (Å²) in [6.45, 7) is 0.365. The third-order valence-corrected chi connectivity index (χ3v) is 6.34. The van der Waals surface area contributed by atoms with E-state index >= 15 is 0 Å². The maximum Gasteiger partial charge on any atom is 0.303 e. The molecule has 1 aromatic carbocycles. The molecule has 1 aromatic rings. The van der Waals surface area contributed by atoms with E-state index in [0.717, 1.165) is 25.7 Å². The molecule has 0 atom stereocenters. The van der Waals surface area contributed by atoms with Gasteiger partial charge in [0.15, 0.2) is 0 Å². The van der Waals surface area contributed by atoms with Crippen molar-refractivity contribution in [3.8, 4) is 0 Å². The SMILES string of the molecule is CN(C)S(=O)(=O)N1CC2(CCCC2)c2c(F)cccc21. The molecular weight excluding hydrogens is 279 g/mol. The fourth-order valence-electron chi connectivity index (χ4n) is 3.55. The summed E-state index contributed by atoms with van der Waals surface area (Å²) in [6, 6.07) is 4.73. The fraction of sp³-hybridized carbons (Fsp3) is 0.571. The standard InChI is InChI=1S/C14H19FN2O2S/c1-16(2)20(18,19)17-10-14(8-3-4-9-14)13-11(15)6-5-7-12(13)17/h5-7H,3-4,8-10H2,1-2H3. The number of fused-ring (bicyclic) bond motifs is 2. The van der Waals surface area contributed by atoms with Crippen molar-refractivity contribution >= 4 is 15.9 Å². The van der Waals surface area contributed by atoms with Crippen LogP contribution in [0, 0.1) is 5.82 Å². The monoisotopic (exact) mass is 298 g/mol. The first-order chi connectivity index (χ1) is 9.38. The molecule has 1 fully saturated rings. The second kappa shape index (κ2) is 4.43. The average molecular weight is 298 g/mol. The van der Waals surface area contributed by atoms with Gasteiger partial charge in [0.1, 0.15) is 5.82 Å². The molecule has 6 heteroatoms. The van der Waals surface area contributed by atoms with Gasteiger partial charge < -0.3 is 0 Å². The molecule has 0 bridgehead atoms. The number of hydrogen-bond donors (Lipinski definition) is 0. The average Bonchev–Trinajstić information content (AvgIpc) is 2.97. The molecular formula is C14H19FN2O2S. The minimum absolute atomic E-state index is 0.277. The first-order valence-corrected chi connectivity index (χ1v) is 8.27. The Labute approximate surface area is 119 Å². The van der Waals surface area contributed by atoms with Gasteiger partial charge in [-0.25, -0.2) is 4.39 Å². The number of nitrogens with zero attached hydrogens (tertiary/aromatic N) is 2. The van der Waals surface area contributed by atoms with E-state index in [1.165, 1.54) is 28.8 Å². The van der Waals surface area contributed by atoms with E-state index in [4.69, 9.17) is 0 Å². The van der Waals surface area contributed by atoms with Crippen LogP contribution in [0.25, 0.3) is 0 Å². The highest BCUT2D eigenvalue weighted by molar-refractivity contribution is 7.90. The Morgan fingerprint density at radius 2 is 1.90 bits per heavy atom. The van der Waals surface area contributed by atoms with Gasteiger partial charge in [0.2, 0.25) is 0 Å². The normalized spacial score (nSPS) is 20.9. The zero-order valence-corrected chi connectivity index (χ0v) is 12.6. The highest BCUT2D eigenvalue weighted by atomic mass is 32.2. The number of rotatable bonds is 2. The molecule has 110 valence electrons. The van der Waals surface area contributed by atoms with Crippen molar-refractivity contribution in [2.45, 2.75) is 31.1 Å². The van der Waals surface area contributed by atoms with Crippen molar-refractivity contribution in [2.24, 2.45) is 0 Å². The minimum atomic E-state index is -3.57. The molecule has 1 saturated carbocycles. The predicted molar refractivity (Wildman–Crippen MR) is 76.5 cm³/mol. The van der Waals surface area contributed by atoms with Gasteiger partial charge in [0, 0.05) is 31.6 Å². The molecule has 1 spiro atoms. The van der Waals surface area contributed by atoms with Gasteiger partial charge in [0.25, 0.3) is 0 Å². The lowest BCUT2D eigenvalue weighted by Crippen LogP contribution is -2.42. The Morgan fingerprint density at radius 3 is 2.50 bits per heavy atom. The van der Waals surface area contributed by atoms with Crippen molar-refractivity contribution < 1.29 is 12.8 Å². The second-order valence-electron chi connectivity index (χ2n) is 5.92. The lowest BCUT2D eigenvalue weighted by molar-refractivity contribution is 0.446. The molecule has 0 amide bonds. The molecule has 0 N–H and O–H groups in total. The van der Waals surface area contributed by atoms with E-state index in [2.05, 4.69) is 0 Å². The molecule has 0 saturated heterocycles. The summed E-state index contributed by atoms with van der Waals surface area (Å²) in [4.78, 5) is 0. The Morgan fingerprint density at radius 1 is 1.25 bits per heavy atom. The summed E-state index contributed by atoms with van der Waals surface area (Å²) >= 11 is 0. The zero-order valence-electron chi connectivity index (χ0n) is 11.8. The first kappa shape index (κ1) is 13.8. The van der Waals surface area contributed by atoms with Crippen LogP contribution in [0.2, 0.25) is 0 Å². The van der Waals surface area contributed by atoms with Gasteiger partial charge >= 0.3 is 10.2 Å². The molecule has 3 rings (SSSR count). The van der Waals surface area contributed by atoms with Crippen LogP contribution >= 0.6 is 0 Å². The Bertz CT molecular complexity index is 637. The lowest BCUT2D eigenvalue weighted by Gasteiger charge is -2.27. The minimum Gasteiger partial charge on any atom is -0.256 e. The van der Waals surface area contributed by atoms with Crippen LogP contribution < -0.4 is 4.31 Å². The van der Waals surface area contributed by atoms with E-state index in [1.807, 2.05) is 0 Å². The van der Waals surface area contributed by atoms with E-state index in [-0.39, 0.29) is 11.2 Å². The molecule has 4 nitrogen and oxygen atoms in total. The number of anilines is 1. The van der Waals surface area contributed by atoms with Crippen molar-refractivity contribution in [3.05, 3.63) is 29.6 Å². The molecule has 20 heavy (non-hydrogen) atoms. The van der Waals surface area contributed by atoms with Crippen LogP contribution in [0.15, 0.2) is 18.2 Å². The van der Waals surface area contributed by atoms with Crippen LogP contribution in [0.5, 0.6) is 0 Å². The van der Waals surface area contributed by atoms with E-state index in [0.29, 0.717) is 17.8 Å². The molecule has 1 heterocycles. The molecule has 0 unspecified atom stereocenters. The lowest BCUT2D eigenvalue weighted by atomic mass is 9.80. The van der Waals surface area contributed by atoms with Crippen molar-refractivity contribution in [2.75, 3.05) is 24.9 Å². The second-order valence-corrected chi connectivity index (χ2v) is 7.98. The highest BCUT2D eigenvalue weighted by Crippen LogP contribution is 2.52. The fourth-order valence-corrected chi connectivity index (χ4v) is 4.75. The topological polar surface area (TPSA) is 40.6 Å². The summed E-state index contributed by atoms with van der Waals surface area (Å²) in [5.74, 6) is -0.277. The van der Waals surface area contributed by atoms with Gasteiger partial charge in [-0.3, -0.25) is 4.31 Å². The summed E-state index contributed by atoms with van der Waals surface area (Å²) in [5, 5.41) is 0. The summed E-state index contributed by atoms with van der Waals surface area (Å²) in [7, 11) is -0.554. The maximum absolute atomic E-state index is 14.3. The van der Waals surface area contributed by atoms with Gasteiger partial charge in [0.05, 0.1) is 5.69 Å². The Kier molecular flexibility index (Phi) is 3.06.